The van der Waals surface area contributed by atoms with Crippen molar-refractivity contribution in [3.63, 3.8) is 0 Å². The van der Waals surface area contributed by atoms with Crippen molar-refractivity contribution < 1.29 is 9.47 Å². The smallest absolute Gasteiger partial charge is 0.333 e. The highest BCUT2D eigenvalue weighted by molar-refractivity contribution is 6.94. The van der Waals surface area contributed by atoms with E-state index in [1.54, 1.807) is 0 Å². The van der Waals surface area contributed by atoms with Gasteiger partial charge in [0.25, 0.3) is 0 Å². The Bertz CT molecular complexity index is 3270. The number of nitrogens with zero attached hydrogens (tertiary/aromatic N) is 2. The van der Waals surface area contributed by atoms with E-state index in [1.165, 1.54) is 88.5 Å². The van der Waals surface area contributed by atoms with Gasteiger partial charge < -0.3 is 18.9 Å². The maximum absolute atomic E-state index is 6.79. The Kier molecular flexibility index (Phi) is 7.29. The van der Waals surface area contributed by atoms with Crippen molar-refractivity contribution in [2.24, 2.45) is 0 Å². The van der Waals surface area contributed by atoms with Crippen molar-refractivity contribution in [3.05, 3.63) is 149 Å². The zero-order chi connectivity index (χ0) is 43.0. The molecule has 3 aliphatic heterocycles. The lowest BCUT2D eigenvalue weighted by molar-refractivity contribution is 0.360. The van der Waals surface area contributed by atoms with Gasteiger partial charge in [0, 0.05) is 44.9 Å². The van der Waals surface area contributed by atoms with E-state index >= 15 is 0 Å². The highest BCUT2D eigenvalue weighted by Crippen LogP contribution is 2.60. The van der Waals surface area contributed by atoms with Crippen LogP contribution in [0, 0.1) is 0 Å². The van der Waals surface area contributed by atoms with E-state index in [1.807, 2.05) is 24.3 Å². The van der Waals surface area contributed by atoms with Gasteiger partial charge in [-0.1, -0.05) is 143 Å². The highest BCUT2D eigenvalue weighted by atomic mass is 16.6. The topological polar surface area (TPSA) is 26.6 Å². The van der Waals surface area contributed by atoms with Gasteiger partial charge in [0.05, 0.1) is 11.0 Å². The van der Waals surface area contributed by atoms with Crippen molar-refractivity contribution in [1.29, 1.82) is 0 Å². The van der Waals surface area contributed by atoms with Crippen LogP contribution in [0.5, 0.6) is 23.0 Å². The molecule has 0 spiro atoms. The number of rotatable bonds is 1. The normalized spacial score (nSPS) is 15.3. The van der Waals surface area contributed by atoms with Crippen LogP contribution in [0.25, 0.3) is 49.7 Å². The molecule has 4 aliphatic rings. The van der Waals surface area contributed by atoms with Crippen LogP contribution in [0.2, 0.25) is 0 Å². The number of fused-ring (bicyclic) bond motifs is 15. The van der Waals surface area contributed by atoms with Crippen LogP contribution in [0.3, 0.4) is 0 Å². The average molecular weight is 809 g/mol. The minimum absolute atomic E-state index is 0.0157. The quantitative estimate of drug-likeness (QED) is 0.155. The molecule has 0 radical (unpaired) electrons. The molecule has 0 atom stereocenters. The summed E-state index contributed by atoms with van der Waals surface area (Å²) in [4.78, 5) is 2.63. The SMILES string of the molecule is CC(C)(C)c1ccc(N2B3c4cc(C(C)(C)C)ccc4-n4c5ccc(C(C)(C)C)cc5c5c6c(c(c3c54)-c3cc4c(cc32)Oc2ccccc2O4)C(C)(C)c2ccccc2-6)cc1. The zero-order valence-electron chi connectivity index (χ0n) is 37.8. The number of benzene rings is 7. The van der Waals surface area contributed by atoms with Crippen LogP contribution < -0.4 is 25.2 Å². The van der Waals surface area contributed by atoms with E-state index in [2.05, 4.69) is 183 Å². The fourth-order valence-corrected chi connectivity index (χ4v) is 11.2. The van der Waals surface area contributed by atoms with Crippen molar-refractivity contribution in [2.45, 2.75) is 97.8 Å². The third-order valence-corrected chi connectivity index (χ3v) is 14.5. The van der Waals surface area contributed by atoms with Gasteiger partial charge >= 0.3 is 6.85 Å². The lowest BCUT2D eigenvalue weighted by atomic mass is 9.43. The second-order valence-electron chi connectivity index (χ2n) is 21.8. The molecule has 5 heteroatoms. The number of aromatic nitrogens is 1. The molecule has 0 saturated carbocycles. The number of anilines is 2. The second-order valence-corrected chi connectivity index (χ2v) is 21.8. The lowest BCUT2D eigenvalue weighted by Crippen LogP contribution is -2.61. The molecule has 0 fully saturated rings. The van der Waals surface area contributed by atoms with E-state index in [0.717, 1.165) is 34.4 Å². The standard InChI is InChI=1S/C57H53BN2O2/c1-54(2,3)32-20-24-35(25-21-32)60-43-31-47-46(61-44-18-14-15-19-45(44)62-47)30-38(43)50-51-48(36-16-12-13-17-39(36)57(51,10)11)49-37-28-33(55(4,5)6)22-26-41(37)59-42-27-23-34(56(7,8)9)29-40(42)58(60)52(50)53(49)59/h12-31H,1-11H3. The minimum atomic E-state index is -0.298. The molecule has 0 bridgehead atoms. The van der Waals surface area contributed by atoms with Crippen LogP contribution in [0.4, 0.5) is 11.4 Å². The molecule has 0 saturated heterocycles. The Morgan fingerprint density at radius 3 is 1.81 bits per heavy atom. The molecule has 1 aromatic heterocycles. The minimum Gasteiger partial charge on any atom is -0.449 e. The van der Waals surface area contributed by atoms with E-state index in [0.29, 0.717) is 0 Å². The summed E-state index contributed by atoms with van der Waals surface area (Å²) < 4.78 is 16.2. The molecule has 1 aliphatic carbocycles. The van der Waals surface area contributed by atoms with Gasteiger partial charge in [0.2, 0.25) is 0 Å². The predicted molar refractivity (Wildman–Crippen MR) is 260 cm³/mol. The first-order valence-electron chi connectivity index (χ1n) is 22.4. The van der Waals surface area contributed by atoms with Gasteiger partial charge in [-0.2, -0.15) is 0 Å². The summed E-state index contributed by atoms with van der Waals surface area (Å²) in [6.45, 7) is 25.6. The Morgan fingerprint density at radius 2 is 1.13 bits per heavy atom. The third kappa shape index (κ3) is 4.97. The fourth-order valence-electron chi connectivity index (χ4n) is 11.2. The third-order valence-electron chi connectivity index (χ3n) is 14.5. The number of ether oxygens (including phenoxy) is 2. The van der Waals surface area contributed by atoms with Gasteiger partial charge in [0.15, 0.2) is 23.0 Å². The summed E-state index contributed by atoms with van der Waals surface area (Å²) >= 11 is 0. The Labute approximate surface area is 366 Å². The molecule has 12 rings (SSSR count). The summed E-state index contributed by atoms with van der Waals surface area (Å²) in [5, 5.41) is 2.67. The molecule has 62 heavy (non-hydrogen) atoms. The first-order valence-corrected chi connectivity index (χ1v) is 22.4. The molecular weight excluding hydrogens is 755 g/mol. The first kappa shape index (κ1) is 37.6. The zero-order valence-corrected chi connectivity index (χ0v) is 37.8. The summed E-state index contributed by atoms with van der Waals surface area (Å²) in [5.41, 5.74) is 20.3. The van der Waals surface area contributed by atoms with Crippen molar-refractivity contribution >= 4 is 51.0 Å². The van der Waals surface area contributed by atoms with Crippen LogP contribution in [0.1, 0.15) is 104 Å². The molecule has 0 unspecified atom stereocenters. The van der Waals surface area contributed by atoms with Crippen LogP contribution in [0.15, 0.2) is 121 Å². The second kappa shape index (κ2) is 12.0. The summed E-state index contributed by atoms with van der Waals surface area (Å²) in [7, 11) is 0. The van der Waals surface area contributed by atoms with Crippen LogP contribution >= 0.6 is 0 Å². The lowest BCUT2D eigenvalue weighted by Gasteiger charge is -2.44. The van der Waals surface area contributed by atoms with E-state index in [4.69, 9.17) is 9.47 Å². The van der Waals surface area contributed by atoms with Gasteiger partial charge in [0.1, 0.15) is 0 Å². The molecular formula is C57H53BN2O2. The van der Waals surface area contributed by atoms with Crippen molar-refractivity contribution in [1.82, 2.24) is 4.57 Å². The van der Waals surface area contributed by atoms with E-state index in [-0.39, 0.29) is 28.5 Å². The molecule has 0 N–H and O–H groups in total. The molecule has 8 aromatic rings. The summed E-state index contributed by atoms with van der Waals surface area (Å²) in [6, 6.07) is 45.7. The Balaban J connectivity index is 1.30. The number of hydrogen-bond acceptors (Lipinski definition) is 3. The van der Waals surface area contributed by atoms with Crippen LogP contribution in [-0.4, -0.2) is 11.4 Å². The average Bonchev–Trinajstić information content (AvgIpc) is 3.69. The molecule has 0 amide bonds. The molecule has 306 valence electrons. The van der Waals surface area contributed by atoms with Crippen molar-refractivity contribution in [3.8, 4) is 50.9 Å². The first-order chi connectivity index (χ1) is 29.4. The van der Waals surface area contributed by atoms with Crippen molar-refractivity contribution in [2.75, 3.05) is 4.81 Å². The molecule has 4 heterocycles. The Morgan fingerprint density at radius 1 is 0.532 bits per heavy atom. The van der Waals surface area contributed by atoms with Gasteiger partial charge in [-0.15, -0.1) is 0 Å². The van der Waals surface area contributed by atoms with Gasteiger partial charge in [-0.05, 0) is 120 Å². The maximum Gasteiger partial charge on any atom is 0.333 e. The van der Waals surface area contributed by atoms with E-state index < -0.39 is 0 Å². The summed E-state index contributed by atoms with van der Waals surface area (Å²) in [6.07, 6.45) is 0. The number of para-hydroxylation sites is 2. The van der Waals surface area contributed by atoms with Gasteiger partial charge in [-0.25, -0.2) is 0 Å². The maximum atomic E-state index is 6.79. The Hall–Kier alpha value is -6.20. The molecule has 4 nitrogen and oxygen atoms in total. The van der Waals surface area contributed by atoms with Crippen LogP contribution in [-0.2, 0) is 21.7 Å². The predicted octanol–water partition coefficient (Wildman–Crippen LogP) is 14.1. The summed E-state index contributed by atoms with van der Waals surface area (Å²) in [5.74, 6) is 2.93. The monoisotopic (exact) mass is 808 g/mol. The molecule has 7 aromatic carbocycles. The fraction of sp³-hybridized carbons (Fsp3) is 0.263. The largest absolute Gasteiger partial charge is 0.449 e. The van der Waals surface area contributed by atoms with E-state index in [9.17, 15) is 0 Å². The highest BCUT2D eigenvalue weighted by Gasteiger charge is 2.50. The van der Waals surface area contributed by atoms with Gasteiger partial charge in [-0.3, -0.25) is 0 Å². The number of hydrogen-bond donors (Lipinski definition) is 0.